The minimum atomic E-state index is -0.361. The molecular weight excluding hydrogens is 408 g/mol. The lowest BCUT2D eigenvalue weighted by Crippen LogP contribution is -2.33. The molecule has 0 spiro atoms. The van der Waals surface area contributed by atoms with E-state index < -0.39 is 0 Å². The van der Waals surface area contributed by atoms with E-state index >= 15 is 0 Å². The SMILES string of the molecule is CCCCC(CC)(CC)C(=O)OCCOCCOCCOC(=O)C(CC)(CC)CCCC. The molecule has 0 radical (unpaired) electrons. The van der Waals surface area contributed by atoms with Crippen LogP contribution in [0.3, 0.4) is 0 Å². The molecule has 0 rings (SSSR count). The quantitative estimate of drug-likeness (QED) is 0.153. The molecule has 0 saturated heterocycles. The maximum atomic E-state index is 12.5. The fourth-order valence-corrected chi connectivity index (χ4v) is 4.03. The third-order valence-corrected chi connectivity index (χ3v) is 6.88. The van der Waals surface area contributed by atoms with Crippen molar-refractivity contribution in [3.8, 4) is 0 Å². The van der Waals surface area contributed by atoms with Crippen molar-refractivity contribution < 1.29 is 28.5 Å². The second kappa shape index (κ2) is 18.3. The Hall–Kier alpha value is -1.14. The molecule has 6 heteroatoms. The van der Waals surface area contributed by atoms with Crippen LogP contribution in [0, 0.1) is 10.8 Å². The summed E-state index contributed by atoms with van der Waals surface area (Å²) in [4.78, 5) is 25.0. The van der Waals surface area contributed by atoms with Gasteiger partial charge in [0.15, 0.2) is 0 Å². The molecule has 0 aromatic heterocycles. The standard InChI is InChI=1S/C26H50O6/c1-7-13-15-25(9-3,10-4)23(27)31-21-19-29-17-18-30-20-22-32-24(28)26(11-5,12-6)16-14-8-2/h7-22H2,1-6H3. The predicted octanol–water partition coefficient (Wildman–Crippen LogP) is 6.10. The molecule has 0 heterocycles. The highest BCUT2D eigenvalue weighted by Crippen LogP contribution is 2.35. The topological polar surface area (TPSA) is 71.1 Å². The largest absolute Gasteiger partial charge is 0.463 e. The van der Waals surface area contributed by atoms with Gasteiger partial charge in [0.1, 0.15) is 13.2 Å². The third kappa shape index (κ3) is 10.7. The van der Waals surface area contributed by atoms with Gasteiger partial charge in [-0.2, -0.15) is 0 Å². The molecule has 32 heavy (non-hydrogen) atoms. The van der Waals surface area contributed by atoms with Gasteiger partial charge in [-0.15, -0.1) is 0 Å². The van der Waals surface area contributed by atoms with Crippen LogP contribution >= 0.6 is 0 Å². The molecule has 0 N–H and O–H groups in total. The van der Waals surface area contributed by atoms with Crippen molar-refractivity contribution in [2.24, 2.45) is 10.8 Å². The van der Waals surface area contributed by atoms with Crippen LogP contribution in [0.4, 0.5) is 0 Å². The van der Waals surface area contributed by atoms with Gasteiger partial charge in [0.2, 0.25) is 0 Å². The molecule has 0 aromatic rings. The van der Waals surface area contributed by atoms with Gasteiger partial charge in [0, 0.05) is 0 Å². The van der Waals surface area contributed by atoms with Crippen molar-refractivity contribution in [1.82, 2.24) is 0 Å². The Labute approximate surface area is 197 Å². The van der Waals surface area contributed by atoms with E-state index in [2.05, 4.69) is 41.5 Å². The normalized spacial score (nSPS) is 12.1. The van der Waals surface area contributed by atoms with Crippen LogP contribution in [0.2, 0.25) is 0 Å². The van der Waals surface area contributed by atoms with E-state index in [1.54, 1.807) is 0 Å². The zero-order valence-corrected chi connectivity index (χ0v) is 21.8. The first-order valence-electron chi connectivity index (χ1n) is 12.9. The first-order valence-corrected chi connectivity index (χ1v) is 12.9. The minimum absolute atomic E-state index is 0.105. The molecule has 190 valence electrons. The lowest BCUT2D eigenvalue weighted by molar-refractivity contribution is -0.160. The Morgan fingerprint density at radius 3 is 1.12 bits per heavy atom. The average molecular weight is 459 g/mol. The second-order valence-corrected chi connectivity index (χ2v) is 8.68. The first kappa shape index (κ1) is 30.9. The zero-order chi connectivity index (χ0) is 24.3. The van der Waals surface area contributed by atoms with Gasteiger partial charge in [0.25, 0.3) is 0 Å². The van der Waals surface area contributed by atoms with Gasteiger partial charge in [-0.3, -0.25) is 9.59 Å². The van der Waals surface area contributed by atoms with E-state index in [0.29, 0.717) is 26.4 Å². The third-order valence-electron chi connectivity index (χ3n) is 6.88. The first-order chi connectivity index (χ1) is 15.4. The Morgan fingerprint density at radius 1 is 0.531 bits per heavy atom. The molecular formula is C26H50O6. The predicted molar refractivity (Wildman–Crippen MR) is 129 cm³/mol. The van der Waals surface area contributed by atoms with Crippen molar-refractivity contribution in [2.45, 2.75) is 106 Å². The van der Waals surface area contributed by atoms with Gasteiger partial charge in [-0.25, -0.2) is 0 Å². The highest BCUT2D eigenvalue weighted by Gasteiger charge is 2.36. The van der Waals surface area contributed by atoms with E-state index in [9.17, 15) is 9.59 Å². The maximum absolute atomic E-state index is 12.5. The summed E-state index contributed by atoms with van der Waals surface area (Å²) in [5, 5.41) is 0. The Balaban J connectivity index is 3.96. The lowest BCUT2D eigenvalue weighted by Gasteiger charge is -2.29. The smallest absolute Gasteiger partial charge is 0.312 e. The molecule has 0 aliphatic rings. The summed E-state index contributed by atoms with van der Waals surface area (Å²) in [6.07, 6.45) is 9.21. The van der Waals surface area contributed by atoms with Crippen LogP contribution < -0.4 is 0 Å². The molecule has 0 aliphatic carbocycles. The Bertz CT molecular complexity index is 439. The summed E-state index contributed by atoms with van der Waals surface area (Å²) in [6, 6.07) is 0. The van der Waals surface area contributed by atoms with Crippen molar-refractivity contribution in [3.63, 3.8) is 0 Å². The Kier molecular flexibility index (Phi) is 17.7. The van der Waals surface area contributed by atoms with E-state index in [1.165, 1.54) is 0 Å². The van der Waals surface area contributed by atoms with Crippen molar-refractivity contribution >= 4 is 11.9 Å². The number of carbonyl (C=O) groups is 2. The summed E-state index contributed by atoms with van der Waals surface area (Å²) >= 11 is 0. The zero-order valence-electron chi connectivity index (χ0n) is 21.8. The fraction of sp³-hybridized carbons (Fsp3) is 0.923. The van der Waals surface area contributed by atoms with Crippen LogP contribution in [0.15, 0.2) is 0 Å². The lowest BCUT2D eigenvalue weighted by atomic mass is 9.78. The summed E-state index contributed by atoms with van der Waals surface area (Å²) in [7, 11) is 0. The van der Waals surface area contributed by atoms with Gasteiger partial charge in [-0.1, -0.05) is 67.2 Å². The van der Waals surface area contributed by atoms with Gasteiger partial charge in [-0.05, 0) is 38.5 Å². The molecule has 0 saturated carbocycles. The summed E-state index contributed by atoms with van der Waals surface area (Å²) in [5.41, 5.74) is -0.722. The highest BCUT2D eigenvalue weighted by molar-refractivity contribution is 5.77. The number of ether oxygens (including phenoxy) is 4. The van der Waals surface area contributed by atoms with E-state index in [0.717, 1.165) is 64.2 Å². The molecule has 0 fully saturated rings. The number of esters is 2. The molecule has 0 atom stereocenters. The minimum Gasteiger partial charge on any atom is -0.463 e. The van der Waals surface area contributed by atoms with Gasteiger partial charge >= 0.3 is 11.9 Å². The van der Waals surface area contributed by atoms with Crippen LogP contribution in [0.1, 0.15) is 106 Å². The van der Waals surface area contributed by atoms with Crippen LogP contribution in [-0.2, 0) is 28.5 Å². The monoisotopic (exact) mass is 458 g/mol. The van der Waals surface area contributed by atoms with Crippen molar-refractivity contribution in [2.75, 3.05) is 39.6 Å². The number of hydrogen-bond donors (Lipinski definition) is 0. The molecule has 6 nitrogen and oxygen atoms in total. The van der Waals surface area contributed by atoms with E-state index in [1.807, 2.05) is 0 Å². The highest BCUT2D eigenvalue weighted by atomic mass is 16.6. The van der Waals surface area contributed by atoms with E-state index in [-0.39, 0.29) is 36.0 Å². The molecule has 0 aromatic carbocycles. The fourth-order valence-electron chi connectivity index (χ4n) is 4.03. The van der Waals surface area contributed by atoms with Crippen LogP contribution in [-0.4, -0.2) is 51.6 Å². The number of carbonyl (C=O) groups excluding carboxylic acids is 2. The second-order valence-electron chi connectivity index (χ2n) is 8.68. The van der Waals surface area contributed by atoms with Crippen LogP contribution in [0.5, 0.6) is 0 Å². The molecule has 0 unspecified atom stereocenters. The van der Waals surface area contributed by atoms with Crippen LogP contribution in [0.25, 0.3) is 0 Å². The van der Waals surface area contributed by atoms with Crippen molar-refractivity contribution in [3.05, 3.63) is 0 Å². The summed E-state index contributed by atoms with van der Waals surface area (Å²) < 4.78 is 21.9. The number of unbranched alkanes of at least 4 members (excludes halogenated alkanes) is 2. The number of rotatable bonds is 21. The molecule has 0 aliphatic heterocycles. The molecule has 0 bridgehead atoms. The van der Waals surface area contributed by atoms with Crippen molar-refractivity contribution in [1.29, 1.82) is 0 Å². The van der Waals surface area contributed by atoms with E-state index in [4.69, 9.17) is 18.9 Å². The maximum Gasteiger partial charge on any atom is 0.312 e. The summed E-state index contributed by atoms with van der Waals surface area (Å²) in [6.45, 7) is 14.6. The number of hydrogen-bond acceptors (Lipinski definition) is 6. The summed E-state index contributed by atoms with van der Waals surface area (Å²) in [5.74, 6) is -0.210. The Morgan fingerprint density at radius 2 is 0.844 bits per heavy atom. The average Bonchev–Trinajstić information content (AvgIpc) is 2.82. The van der Waals surface area contributed by atoms with Gasteiger partial charge < -0.3 is 18.9 Å². The van der Waals surface area contributed by atoms with Gasteiger partial charge in [0.05, 0.1) is 37.3 Å². The molecule has 0 amide bonds.